The van der Waals surface area contributed by atoms with Crippen molar-refractivity contribution in [2.24, 2.45) is 0 Å². The Morgan fingerprint density at radius 1 is 1.03 bits per heavy atom. The van der Waals surface area contributed by atoms with Crippen LogP contribution < -0.4 is 10.6 Å². The molecule has 0 aliphatic carbocycles. The molecule has 6 nitrogen and oxygen atoms in total. The van der Waals surface area contributed by atoms with Gasteiger partial charge in [0, 0.05) is 21.6 Å². The number of nitrogens with one attached hydrogen (secondary N) is 2. The van der Waals surface area contributed by atoms with Crippen LogP contribution in [0.2, 0.25) is 0 Å². The number of allylic oxidation sites excluding steroid dienone is 1. The SMILES string of the molecule is CC1=C(C(=O)Nc2cccc(C)c2C)C(c2ccc(Br)cc2)n2nc(SCc3ccccc3)nc2N1. The van der Waals surface area contributed by atoms with Crippen LogP contribution in [-0.4, -0.2) is 20.7 Å². The van der Waals surface area contributed by atoms with E-state index in [2.05, 4.69) is 38.7 Å². The average molecular weight is 561 g/mol. The maximum Gasteiger partial charge on any atom is 0.255 e. The van der Waals surface area contributed by atoms with Gasteiger partial charge in [-0.25, -0.2) is 4.68 Å². The molecule has 8 heteroatoms. The van der Waals surface area contributed by atoms with Crippen LogP contribution in [0.3, 0.4) is 0 Å². The van der Waals surface area contributed by atoms with E-state index in [0.29, 0.717) is 16.7 Å². The number of hydrogen-bond donors (Lipinski definition) is 2. The minimum Gasteiger partial charge on any atom is -0.328 e. The Balaban J connectivity index is 1.50. The molecule has 5 rings (SSSR count). The van der Waals surface area contributed by atoms with Crippen molar-refractivity contribution in [2.45, 2.75) is 37.7 Å². The first-order valence-electron chi connectivity index (χ1n) is 11.6. The summed E-state index contributed by atoms with van der Waals surface area (Å²) in [6.45, 7) is 5.97. The van der Waals surface area contributed by atoms with Crippen molar-refractivity contribution in [1.82, 2.24) is 14.8 Å². The number of rotatable bonds is 6. The minimum absolute atomic E-state index is 0.166. The summed E-state index contributed by atoms with van der Waals surface area (Å²) in [5, 5.41) is 11.9. The number of halogens is 1. The minimum atomic E-state index is -0.418. The molecule has 0 saturated heterocycles. The van der Waals surface area contributed by atoms with Crippen molar-refractivity contribution in [3.63, 3.8) is 0 Å². The van der Waals surface area contributed by atoms with Crippen molar-refractivity contribution in [1.29, 1.82) is 0 Å². The number of aryl methyl sites for hydroxylation is 1. The van der Waals surface area contributed by atoms with Gasteiger partial charge in [-0.2, -0.15) is 4.98 Å². The van der Waals surface area contributed by atoms with E-state index in [4.69, 9.17) is 10.1 Å². The van der Waals surface area contributed by atoms with Crippen LogP contribution in [0.4, 0.5) is 11.6 Å². The Morgan fingerprint density at radius 3 is 2.53 bits per heavy atom. The first-order chi connectivity index (χ1) is 17.4. The highest BCUT2D eigenvalue weighted by atomic mass is 79.9. The molecule has 2 heterocycles. The fourth-order valence-corrected chi connectivity index (χ4v) is 5.29. The zero-order chi connectivity index (χ0) is 25.2. The normalized spacial score (nSPS) is 14.8. The average Bonchev–Trinajstić information content (AvgIpc) is 3.28. The summed E-state index contributed by atoms with van der Waals surface area (Å²) in [6, 6.07) is 23.7. The Bertz CT molecular complexity index is 1450. The first-order valence-corrected chi connectivity index (χ1v) is 13.4. The molecular formula is C28H26BrN5OS. The zero-order valence-electron chi connectivity index (χ0n) is 20.2. The van der Waals surface area contributed by atoms with Crippen molar-refractivity contribution >= 4 is 45.2 Å². The van der Waals surface area contributed by atoms with Crippen molar-refractivity contribution < 1.29 is 4.79 Å². The van der Waals surface area contributed by atoms with E-state index in [1.54, 1.807) is 11.8 Å². The van der Waals surface area contributed by atoms with E-state index in [9.17, 15) is 4.79 Å². The molecule has 1 atom stereocenters. The maximum atomic E-state index is 13.7. The van der Waals surface area contributed by atoms with E-state index in [0.717, 1.165) is 38.3 Å². The molecular weight excluding hydrogens is 534 g/mol. The standard InChI is InChI=1S/C28H26BrN5OS/c1-17-8-7-11-23(18(17)2)31-26(35)24-19(3)30-27-32-28(36-16-20-9-5-4-6-10-20)33-34(27)25(24)21-12-14-22(29)15-13-21/h4-15,25H,16H2,1-3H3,(H,31,35)(H,30,32,33). The van der Waals surface area contributed by atoms with Gasteiger partial charge in [0.25, 0.3) is 5.91 Å². The smallest absolute Gasteiger partial charge is 0.255 e. The molecule has 0 spiro atoms. The quantitative estimate of drug-likeness (QED) is 0.252. The Morgan fingerprint density at radius 2 is 1.78 bits per heavy atom. The van der Waals surface area contributed by atoms with Gasteiger partial charge >= 0.3 is 0 Å². The summed E-state index contributed by atoms with van der Waals surface area (Å²) in [7, 11) is 0. The van der Waals surface area contributed by atoms with Gasteiger partial charge < -0.3 is 10.6 Å². The predicted octanol–water partition coefficient (Wildman–Crippen LogP) is 6.88. The fourth-order valence-electron chi connectivity index (χ4n) is 4.24. The van der Waals surface area contributed by atoms with Gasteiger partial charge in [0.15, 0.2) is 0 Å². The van der Waals surface area contributed by atoms with Crippen molar-refractivity contribution in [3.05, 3.63) is 111 Å². The Hall–Kier alpha value is -3.36. The predicted molar refractivity (Wildman–Crippen MR) is 149 cm³/mol. The third-order valence-electron chi connectivity index (χ3n) is 6.33. The molecule has 182 valence electrons. The number of anilines is 2. The second kappa shape index (κ2) is 10.3. The topological polar surface area (TPSA) is 71.8 Å². The summed E-state index contributed by atoms with van der Waals surface area (Å²) in [6.07, 6.45) is 0. The van der Waals surface area contributed by atoms with Crippen LogP contribution in [0.15, 0.2) is 93.7 Å². The largest absolute Gasteiger partial charge is 0.328 e. The zero-order valence-corrected chi connectivity index (χ0v) is 22.7. The molecule has 3 aromatic carbocycles. The monoisotopic (exact) mass is 559 g/mol. The number of amides is 1. The van der Waals surface area contributed by atoms with E-state index < -0.39 is 6.04 Å². The van der Waals surface area contributed by atoms with Gasteiger partial charge in [0.05, 0.1) is 5.57 Å². The molecule has 1 unspecified atom stereocenters. The van der Waals surface area contributed by atoms with E-state index in [1.165, 1.54) is 5.56 Å². The second-order valence-corrected chi connectivity index (χ2v) is 10.6. The number of nitrogens with zero attached hydrogens (tertiary/aromatic N) is 3. The Labute approximate surface area is 223 Å². The highest BCUT2D eigenvalue weighted by Gasteiger charge is 2.34. The number of hydrogen-bond acceptors (Lipinski definition) is 5. The third-order valence-corrected chi connectivity index (χ3v) is 7.76. The summed E-state index contributed by atoms with van der Waals surface area (Å²) >= 11 is 5.10. The van der Waals surface area contributed by atoms with Crippen LogP contribution in [-0.2, 0) is 10.5 Å². The van der Waals surface area contributed by atoms with Crippen LogP contribution in [0.5, 0.6) is 0 Å². The number of carbonyl (C=O) groups excluding carboxylic acids is 1. The summed E-state index contributed by atoms with van der Waals surface area (Å²) in [5.74, 6) is 1.22. The van der Waals surface area contributed by atoms with E-state index >= 15 is 0 Å². The van der Waals surface area contributed by atoms with E-state index in [-0.39, 0.29) is 5.91 Å². The van der Waals surface area contributed by atoms with Crippen LogP contribution in [0.25, 0.3) is 0 Å². The van der Waals surface area contributed by atoms with Crippen LogP contribution in [0.1, 0.15) is 35.2 Å². The third kappa shape index (κ3) is 4.96. The lowest BCUT2D eigenvalue weighted by Crippen LogP contribution is -2.31. The molecule has 1 aromatic heterocycles. The number of benzene rings is 3. The number of fused-ring (bicyclic) bond motifs is 1. The number of carbonyl (C=O) groups is 1. The summed E-state index contributed by atoms with van der Waals surface area (Å²) in [4.78, 5) is 18.5. The van der Waals surface area contributed by atoms with Gasteiger partial charge in [-0.05, 0) is 61.2 Å². The number of aromatic nitrogens is 3. The Kier molecular flexibility index (Phi) is 6.98. The lowest BCUT2D eigenvalue weighted by molar-refractivity contribution is -0.113. The highest BCUT2D eigenvalue weighted by molar-refractivity contribution is 9.10. The van der Waals surface area contributed by atoms with Gasteiger partial charge in [-0.3, -0.25) is 4.79 Å². The molecule has 0 saturated carbocycles. The molecule has 0 fully saturated rings. The highest BCUT2D eigenvalue weighted by Crippen LogP contribution is 2.37. The second-order valence-electron chi connectivity index (χ2n) is 8.76. The molecule has 36 heavy (non-hydrogen) atoms. The molecule has 1 aliphatic rings. The van der Waals surface area contributed by atoms with Gasteiger partial charge in [-0.15, -0.1) is 5.10 Å². The lowest BCUT2D eigenvalue weighted by Gasteiger charge is -2.29. The molecule has 4 aromatic rings. The molecule has 1 aliphatic heterocycles. The molecule has 1 amide bonds. The maximum absolute atomic E-state index is 13.7. The van der Waals surface area contributed by atoms with E-state index in [1.807, 2.05) is 86.1 Å². The van der Waals surface area contributed by atoms with Gasteiger partial charge in [-0.1, -0.05) is 82.3 Å². The van der Waals surface area contributed by atoms with Crippen molar-refractivity contribution in [3.8, 4) is 0 Å². The van der Waals surface area contributed by atoms with Crippen LogP contribution in [0, 0.1) is 13.8 Å². The molecule has 2 N–H and O–H groups in total. The molecule has 0 bridgehead atoms. The molecule has 0 radical (unpaired) electrons. The summed E-state index contributed by atoms with van der Waals surface area (Å²) in [5.41, 5.74) is 6.50. The summed E-state index contributed by atoms with van der Waals surface area (Å²) < 4.78 is 2.79. The first kappa shape index (κ1) is 24.3. The number of thioether (sulfide) groups is 1. The van der Waals surface area contributed by atoms with Gasteiger partial charge in [0.1, 0.15) is 6.04 Å². The van der Waals surface area contributed by atoms with Gasteiger partial charge in [0.2, 0.25) is 11.1 Å². The lowest BCUT2D eigenvalue weighted by atomic mass is 9.95. The van der Waals surface area contributed by atoms with Crippen molar-refractivity contribution in [2.75, 3.05) is 10.6 Å². The fraction of sp³-hybridized carbons (Fsp3) is 0.179. The van der Waals surface area contributed by atoms with Crippen LogP contribution >= 0.6 is 27.7 Å².